The smallest absolute Gasteiger partial charge is 0.270 e. The van der Waals surface area contributed by atoms with E-state index in [1.165, 1.54) is 11.8 Å². The lowest BCUT2D eigenvalue weighted by Gasteiger charge is -2.10. The van der Waals surface area contributed by atoms with Crippen molar-refractivity contribution in [2.24, 2.45) is 0 Å². The molecule has 7 heteroatoms. The number of phenols is 1. The quantitative estimate of drug-likeness (QED) is 0.644. The topological polar surface area (TPSA) is 89.8 Å². The van der Waals surface area contributed by atoms with Crippen LogP contribution in [0.15, 0.2) is 26.6 Å². The summed E-state index contributed by atoms with van der Waals surface area (Å²) >= 11 is 4.55. The molecule has 108 valence electrons. The zero-order valence-corrected chi connectivity index (χ0v) is 13.8. The van der Waals surface area contributed by atoms with Crippen LogP contribution in [0.25, 0.3) is 11.3 Å². The van der Waals surface area contributed by atoms with Crippen LogP contribution in [0.1, 0.15) is 18.1 Å². The maximum atomic E-state index is 12.0. The fourth-order valence-corrected chi connectivity index (χ4v) is 2.77. The second kappa shape index (κ2) is 6.33. The molecule has 0 saturated carbocycles. The number of aromatic hydroxyl groups is 1. The van der Waals surface area contributed by atoms with Crippen molar-refractivity contribution < 1.29 is 5.11 Å². The number of benzene rings is 1. The molecule has 0 saturated heterocycles. The average molecular weight is 366 g/mol. The average Bonchev–Trinajstić information content (AvgIpc) is 2.48. The number of aromatic nitrogens is 2. The van der Waals surface area contributed by atoms with Crippen LogP contribution in [-0.2, 0) is 6.42 Å². The molecule has 0 radical (unpaired) electrons. The van der Waals surface area contributed by atoms with Gasteiger partial charge in [0.1, 0.15) is 23.1 Å². The van der Waals surface area contributed by atoms with Crippen molar-refractivity contribution in [1.29, 1.82) is 5.26 Å². The largest absolute Gasteiger partial charge is 0.506 e. The molecule has 2 aromatic rings. The van der Waals surface area contributed by atoms with Gasteiger partial charge in [0, 0.05) is 5.56 Å². The molecule has 0 aliphatic heterocycles. The highest BCUT2D eigenvalue weighted by Gasteiger charge is 2.18. The Bertz CT molecular complexity index is 796. The Balaban J connectivity index is 2.84. The third kappa shape index (κ3) is 2.96. The lowest BCUT2D eigenvalue weighted by molar-refractivity contribution is 0.473. The van der Waals surface area contributed by atoms with Gasteiger partial charge < -0.3 is 10.1 Å². The number of rotatable bonds is 3. The molecule has 0 bridgehead atoms. The van der Waals surface area contributed by atoms with Gasteiger partial charge in [0.15, 0.2) is 5.16 Å². The van der Waals surface area contributed by atoms with Crippen LogP contribution >= 0.6 is 27.7 Å². The van der Waals surface area contributed by atoms with Gasteiger partial charge in [-0.1, -0.05) is 18.7 Å². The molecule has 0 aliphatic rings. The van der Waals surface area contributed by atoms with Crippen molar-refractivity contribution >= 4 is 27.7 Å². The Morgan fingerprint density at radius 1 is 1.52 bits per heavy atom. The SMILES string of the molecule is CCc1cc(Br)c(O)c(-c2nc(SC)[nH]c(=O)c2C#N)c1. The number of phenolic OH excluding ortho intramolecular Hbond substituents is 1. The first kappa shape index (κ1) is 15.6. The third-order valence-electron chi connectivity index (χ3n) is 2.99. The van der Waals surface area contributed by atoms with E-state index in [4.69, 9.17) is 0 Å². The summed E-state index contributed by atoms with van der Waals surface area (Å²) in [5.74, 6) is -0.0335. The summed E-state index contributed by atoms with van der Waals surface area (Å²) < 4.78 is 0.508. The predicted molar refractivity (Wildman–Crippen MR) is 85.5 cm³/mol. The molecule has 0 aliphatic carbocycles. The van der Waals surface area contributed by atoms with E-state index in [0.29, 0.717) is 15.2 Å². The van der Waals surface area contributed by atoms with Gasteiger partial charge >= 0.3 is 0 Å². The molecule has 0 spiro atoms. The van der Waals surface area contributed by atoms with Gasteiger partial charge in [-0.3, -0.25) is 4.79 Å². The highest BCUT2D eigenvalue weighted by atomic mass is 79.9. The molecular weight excluding hydrogens is 354 g/mol. The van der Waals surface area contributed by atoms with Gasteiger partial charge in [0.2, 0.25) is 0 Å². The number of nitriles is 1. The molecule has 21 heavy (non-hydrogen) atoms. The van der Waals surface area contributed by atoms with Crippen LogP contribution in [0.5, 0.6) is 5.75 Å². The normalized spacial score (nSPS) is 10.4. The molecular formula is C14H12BrN3O2S. The lowest BCUT2D eigenvalue weighted by atomic mass is 10.0. The van der Waals surface area contributed by atoms with Crippen molar-refractivity contribution in [2.45, 2.75) is 18.5 Å². The number of thioether (sulfide) groups is 1. The van der Waals surface area contributed by atoms with Gasteiger partial charge in [0.05, 0.1) is 4.47 Å². The van der Waals surface area contributed by atoms with Crippen LogP contribution in [0.3, 0.4) is 0 Å². The highest BCUT2D eigenvalue weighted by molar-refractivity contribution is 9.10. The standard InChI is InChI=1S/C14H12BrN3O2S/c1-3-7-4-8(12(19)10(15)5-7)11-9(6-16)13(20)18-14(17-11)21-2/h4-5,19H,3H2,1-2H3,(H,17,18,20). The summed E-state index contributed by atoms with van der Waals surface area (Å²) in [7, 11) is 0. The van der Waals surface area contributed by atoms with E-state index >= 15 is 0 Å². The van der Waals surface area contributed by atoms with E-state index in [-0.39, 0.29) is 17.0 Å². The summed E-state index contributed by atoms with van der Waals surface area (Å²) in [5.41, 5.74) is 0.914. The zero-order chi connectivity index (χ0) is 15.6. The first-order valence-electron chi connectivity index (χ1n) is 6.12. The maximum absolute atomic E-state index is 12.0. The molecule has 1 aromatic carbocycles. The Hall–Kier alpha value is -1.78. The first-order chi connectivity index (χ1) is 10.0. The fraction of sp³-hybridized carbons (Fsp3) is 0.214. The molecule has 1 aromatic heterocycles. The molecule has 2 rings (SSSR count). The van der Waals surface area contributed by atoms with E-state index in [9.17, 15) is 15.2 Å². The number of H-pyrrole nitrogens is 1. The second-order valence-electron chi connectivity index (χ2n) is 4.24. The van der Waals surface area contributed by atoms with E-state index in [2.05, 4.69) is 25.9 Å². The number of aromatic amines is 1. The molecule has 0 fully saturated rings. The summed E-state index contributed by atoms with van der Waals surface area (Å²) in [6.45, 7) is 1.98. The van der Waals surface area contributed by atoms with Gasteiger partial charge in [-0.25, -0.2) is 4.98 Å². The lowest BCUT2D eigenvalue weighted by Crippen LogP contribution is -2.14. The van der Waals surface area contributed by atoms with Crippen LogP contribution < -0.4 is 5.56 Å². The summed E-state index contributed by atoms with van der Waals surface area (Å²) in [4.78, 5) is 18.8. The van der Waals surface area contributed by atoms with Crippen molar-refractivity contribution in [3.05, 3.63) is 38.1 Å². The van der Waals surface area contributed by atoms with Gasteiger partial charge in [0.25, 0.3) is 5.56 Å². The number of hydrogen-bond donors (Lipinski definition) is 2. The minimum atomic E-state index is -0.510. The van der Waals surface area contributed by atoms with Gasteiger partial charge in [-0.05, 0) is 46.3 Å². The van der Waals surface area contributed by atoms with Crippen LogP contribution in [0.4, 0.5) is 0 Å². The molecule has 5 nitrogen and oxygen atoms in total. The van der Waals surface area contributed by atoms with Crippen LogP contribution in [0.2, 0.25) is 0 Å². The van der Waals surface area contributed by atoms with Crippen LogP contribution in [-0.4, -0.2) is 21.3 Å². The van der Waals surface area contributed by atoms with Gasteiger partial charge in [-0.15, -0.1) is 0 Å². The number of nitrogens with zero attached hydrogens (tertiary/aromatic N) is 2. The summed E-state index contributed by atoms with van der Waals surface area (Å²) in [6, 6.07) is 5.40. The van der Waals surface area contributed by atoms with Gasteiger partial charge in [-0.2, -0.15) is 5.26 Å². The van der Waals surface area contributed by atoms with E-state index in [0.717, 1.165) is 12.0 Å². The fourth-order valence-electron chi connectivity index (χ4n) is 1.89. The zero-order valence-electron chi connectivity index (χ0n) is 11.4. The third-order valence-corrected chi connectivity index (χ3v) is 4.17. The van der Waals surface area contributed by atoms with Crippen molar-refractivity contribution in [1.82, 2.24) is 9.97 Å². The summed E-state index contributed by atoms with van der Waals surface area (Å²) in [5, 5.41) is 19.8. The van der Waals surface area contributed by atoms with Crippen molar-refractivity contribution in [3.8, 4) is 23.1 Å². The molecule has 0 unspecified atom stereocenters. The Morgan fingerprint density at radius 2 is 2.24 bits per heavy atom. The minimum absolute atomic E-state index is 0.0335. The number of aryl methyl sites for hydroxylation is 1. The van der Waals surface area contributed by atoms with Crippen molar-refractivity contribution in [3.63, 3.8) is 0 Å². The molecule has 1 heterocycles. The maximum Gasteiger partial charge on any atom is 0.270 e. The number of hydrogen-bond acceptors (Lipinski definition) is 5. The van der Waals surface area contributed by atoms with E-state index in [1.54, 1.807) is 18.4 Å². The molecule has 2 N–H and O–H groups in total. The molecule has 0 atom stereocenters. The predicted octanol–water partition coefficient (Wildman–Crippen LogP) is 3.06. The summed E-state index contributed by atoms with van der Waals surface area (Å²) in [6.07, 6.45) is 2.53. The Morgan fingerprint density at radius 3 is 2.81 bits per heavy atom. The Labute approximate surface area is 134 Å². The Kier molecular flexibility index (Phi) is 4.70. The molecule has 0 amide bonds. The second-order valence-corrected chi connectivity index (χ2v) is 5.89. The van der Waals surface area contributed by atoms with E-state index < -0.39 is 5.56 Å². The van der Waals surface area contributed by atoms with Crippen LogP contribution in [0, 0.1) is 11.3 Å². The minimum Gasteiger partial charge on any atom is -0.506 e. The number of halogens is 1. The van der Waals surface area contributed by atoms with Crippen molar-refractivity contribution in [2.75, 3.05) is 6.26 Å². The first-order valence-corrected chi connectivity index (χ1v) is 8.13. The van der Waals surface area contributed by atoms with E-state index in [1.807, 2.05) is 13.0 Å². The number of nitrogens with one attached hydrogen (secondary N) is 1. The monoisotopic (exact) mass is 365 g/mol. The highest BCUT2D eigenvalue weighted by Crippen LogP contribution is 2.37.